The van der Waals surface area contributed by atoms with E-state index in [-0.39, 0.29) is 23.7 Å². The zero-order chi connectivity index (χ0) is 20.6. The predicted octanol–water partition coefficient (Wildman–Crippen LogP) is 4.31. The Morgan fingerprint density at radius 1 is 1.36 bits per heavy atom. The van der Waals surface area contributed by atoms with E-state index in [1.54, 1.807) is 6.08 Å². The molecule has 0 aliphatic carbocycles. The average Bonchev–Trinajstić information content (AvgIpc) is 3.07. The molecule has 2 N–H and O–H groups in total. The fourth-order valence-corrected chi connectivity index (χ4v) is 4.64. The SMILES string of the molecule is CCCCCC1C[C@@H](OC(=O)/C=C(/C)CCCC)C[C@](O)([C@@H]2CSC(=O)N2)O1. The highest BCUT2D eigenvalue weighted by atomic mass is 32.2. The lowest BCUT2D eigenvalue weighted by Crippen LogP contribution is -2.58. The summed E-state index contributed by atoms with van der Waals surface area (Å²) < 4.78 is 11.7. The van der Waals surface area contributed by atoms with Gasteiger partial charge in [0, 0.05) is 24.7 Å². The number of rotatable bonds is 10. The molecule has 28 heavy (non-hydrogen) atoms. The molecule has 0 saturated carbocycles. The standard InChI is InChI=1S/C21H35NO5S/c1-4-6-8-10-16-12-17(26-19(23)11-15(3)9-7-5-2)13-21(25,27-16)18-14-28-20(24)22-18/h11,16-18,25H,4-10,12-14H2,1-3H3,(H,22,24)/b15-11-/t16?,17-,18+,21-/m1/s1. The number of thioether (sulfide) groups is 1. The molecule has 0 spiro atoms. The maximum absolute atomic E-state index is 12.3. The minimum Gasteiger partial charge on any atom is -0.459 e. The summed E-state index contributed by atoms with van der Waals surface area (Å²) in [6.45, 7) is 6.20. The number of carbonyl (C=O) groups excluding carboxylic acids is 2. The van der Waals surface area contributed by atoms with Gasteiger partial charge >= 0.3 is 5.97 Å². The zero-order valence-electron chi connectivity index (χ0n) is 17.4. The van der Waals surface area contributed by atoms with Crippen LogP contribution in [0.3, 0.4) is 0 Å². The number of unbranched alkanes of at least 4 members (excludes halogenated alkanes) is 3. The summed E-state index contributed by atoms with van der Waals surface area (Å²) in [5, 5.41) is 13.8. The second kappa shape index (κ2) is 11.2. The quantitative estimate of drug-likeness (QED) is 0.315. The van der Waals surface area contributed by atoms with Crippen LogP contribution in [0.4, 0.5) is 4.79 Å². The molecule has 2 saturated heterocycles. The van der Waals surface area contributed by atoms with Gasteiger partial charge < -0.3 is 19.9 Å². The molecule has 4 atom stereocenters. The number of hydrogen-bond donors (Lipinski definition) is 2. The highest BCUT2D eigenvalue weighted by Crippen LogP contribution is 2.36. The van der Waals surface area contributed by atoms with E-state index < -0.39 is 17.9 Å². The Labute approximate surface area is 172 Å². The van der Waals surface area contributed by atoms with E-state index in [4.69, 9.17) is 9.47 Å². The van der Waals surface area contributed by atoms with Crippen molar-refractivity contribution in [2.24, 2.45) is 0 Å². The molecule has 0 aromatic heterocycles. The zero-order valence-corrected chi connectivity index (χ0v) is 18.2. The van der Waals surface area contributed by atoms with Gasteiger partial charge in [-0.3, -0.25) is 4.79 Å². The minimum atomic E-state index is -1.50. The molecule has 2 aliphatic rings. The summed E-state index contributed by atoms with van der Waals surface area (Å²) in [4.78, 5) is 23.9. The third kappa shape index (κ3) is 7.08. The van der Waals surface area contributed by atoms with Crippen LogP contribution in [0.2, 0.25) is 0 Å². The monoisotopic (exact) mass is 413 g/mol. The van der Waals surface area contributed by atoms with Crippen molar-refractivity contribution in [3.05, 3.63) is 11.6 Å². The van der Waals surface area contributed by atoms with Gasteiger partial charge in [0.1, 0.15) is 6.10 Å². The molecule has 1 amide bonds. The predicted molar refractivity (Wildman–Crippen MR) is 111 cm³/mol. The number of ether oxygens (including phenoxy) is 2. The lowest BCUT2D eigenvalue weighted by molar-refractivity contribution is -0.283. The number of allylic oxidation sites excluding steroid dienone is 1. The normalized spacial score (nSPS) is 30.9. The molecular weight excluding hydrogens is 378 g/mol. The first-order valence-electron chi connectivity index (χ1n) is 10.6. The molecule has 0 radical (unpaired) electrons. The summed E-state index contributed by atoms with van der Waals surface area (Å²) in [5.41, 5.74) is 1.01. The molecule has 0 bridgehead atoms. The van der Waals surface area contributed by atoms with Gasteiger partial charge in [-0.05, 0) is 26.2 Å². The van der Waals surface area contributed by atoms with Crippen LogP contribution in [-0.2, 0) is 14.3 Å². The van der Waals surface area contributed by atoms with E-state index in [1.165, 1.54) is 0 Å². The van der Waals surface area contributed by atoms with Crippen molar-refractivity contribution in [3.63, 3.8) is 0 Å². The van der Waals surface area contributed by atoms with E-state index in [9.17, 15) is 14.7 Å². The van der Waals surface area contributed by atoms with Gasteiger partial charge in [0.05, 0.1) is 12.1 Å². The van der Waals surface area contributed by atoms with Gasteiger partial charge in [0.25, 0.3) is 5.24 Å². The van der Waals surface area contributed by atoms with Gasteiger partial charge in [0.2, 0.25) is 0 Å². The lowest BCUT2D eigenvalue weighted by Gasteiger charge is -2.43. The Kier molecular flexibility index (Phi) is 9.31. The maximum Gasteiger partial charge on any atom is 0.330 e. The maximum atomic E-state index is 12.3. The first kappa shape index (κ1) is 23.2. The summed E-state index contributed by atoms with van der Waals surface area (Å²) >= 11 is 1.14. The second-order valence-corrected chi connectivity index (χ2v) is 8.96. The van der Waals surface area contributed by atoms with Crippen LogP contribution < -0.4 is 5.32 Å². The van der Waals surface area contributed by atoms with Crippen molar-refractivity contribution in [1.29, 1.82) is 0 Å². The van der Waals surface area contributed by atoms with Crippen molar-refractivity contribution in [2.45, 2.75) is 103 Å². The number of carbonyl (C=O) groups is 2. The topological polar surface area (TPSA) is 84.9 Å². The third-order valence-corrected chi connectivity index (χ3v) is 6.22. The average molecular weight is 414 g/mol. The fraction of sp³-hybridized carbons (Fsp3) is 0.810. The van der Waals surface area contributed by atoms with Crippen LogP contribution in [0.25, 0.3) is 0 Å². The van der Waals surface area contributed by atoms with Crippen LogP contribution in [-0.4, -0.2) is 46.1 Å². The van der Waals surface area contributed by atoms with E-state index in [1.807, 2.05) is 6.92 Å². The Balaban J connectivity index is 2.02. The highest BCUT2D eigenvalue weighted by Gasteiger charge is 2.49. The molecule has 160 valence electrons. The molecule has 0 aromatic rings. The number of aliphatic hydroxyl groups is 1. The summed E-state index contributed by atoms with van der Waals surface area (Å²) in [6, 6.07) is -0.484. The van der Waals surface area contributed by atoms with Crippen LogP contribution in [0, 0.1) is 0 Å². The first-order valence-corrected chi connectivity index (χ1v) is 11.6. The molecular formula is C21H35NO5S. The van der Waals surface area contributed by atoms with Gasteiger partial charge in [0.15, 0.2) is 5.79 Å². The molecule has 7 heteroatoms. The highest BCUT2D eigenvalue weighted by molar-refractivity contribution is 8.14. The van der Waals surface area contributed by atoms with Crippen molar-refractivity contribution in [1.82, 2.24) is 5.32 Å². The van der Waals surface area contributed by atoms with Crippen molar-refractivity contribution in [3.8, 4) is 0 Å². The molecule has 6 nitrogen and oxygen atoms in total. The summed E-state index contributed by atoms with van der Waals surface area (Å²) in [5.74, 6) is -1.41. The van der Waals surface area contributed by atoms with Crippen LogP contribution >= 0.6 is 11.8 Å². The van der Waals surface area contributed by atoms with Crippen LogP contribution in [0.1, 0.15) is 78.6 Å². The molecule has 2 aliphatic heterocycles. The Bertz CT molecular complexity index is 567. The van der Waals surface area contributed by atoms with Crippen molar-refractivity contribution < 1.29 is 24.2 Å². The van der Waals surface area contributed by atoms with E-state index in [0.717, 1.165) is 62.3 Å². The Hall–Kier alpha value is -1.05. The smallest absolute Gasteiger partial charge is 0.330 e. The van der Waals surface area contributed by atoms with E-state index >= 15 is 0 Å². The molecule has 0 aromatic carbocycles. The molecule has 2 fully saturated rings. The fourth-order valence-electron chi connectivity index (χ4n) is 3.76. The Morgan fingerprint density at radius 2 is 2.11 bits per heavy atom. The molecule has 2 rings (SSSR count). The number of amides is 1. The number of esters is 1. The summed E-state index contributed by atoms with van der Waals surface area (Å²) in [6.07, 6.45) is 8.73. The van der Waals surface area contributed by atoms with Crippen molar-refractivity contribution >= 4 is 23.0 Å². The van der Waals surface area contributed by atoms with Gasteiger partial charge in [-0.2, -0.15) is 0 Å². The van der Waals surface area contributed by atoms with Gasteiger partial charge in [-0.25, -0.2) is 4.79 Å². The Morgan fingerprint density at radius 3 is 2.75 bits per heavy atom. The van der Waals surface area contributed by atoms with E-state index in [2.05, 4.69) is 19.2 Å². The number of nitrogens with one attached hydrogen (secondary N) is 1. The summed E-state index contributed by atoms with van der Waals surface area (Å²) in [7, 11) is 0. The molecule has 1 unspecified atom stereocenters. The van der Waals surface area contributed by atoms with Crippen LogP contribution in [0.15, 0.2) is 11.6 Å². The minimum absolute atomic E-state index is 0.154. The van der Waals surface area contributed by atoms with Gasteiger partial charge in [-0.15, -0.1) is 0 Å². The number of hydrogen-bond acceptors (Lipinski definition) is 6. The third-order valence-electron chi connectivity index (χ3n) is 5.34. The lowest BCUT2D eigenvalue weighted by atomic mass is 9.91. The second-order valence-electron chi connectivity index (χ2n) is 7.97. The van der Waals surface area contributed by atoms with Gasteiger partial charge in [-0.1, -0.05) is 56.9 Å². The largest absolute Gasteiger partial charge is 0.459 e. The van der Waals surface area contributed by atoms with Crippen molar-refractivity contribution in [2.75, 3.05) is 5.75 Å². The van der Waals surface area contributed by atoms with Crippen LogP contribution in [0.5, 0.6) is 0 Å². The molecule has 2 heterocycles. The first-order chi connectivity index (χ1) is 13.4. The van der Waals surface area contributed by atoms with E-state index in [0.29, 0.717) is 12.2 Å².